The van der Waals surface area contributed by atoms with Crippen molar-refractivity contribution >= 4 is 24.2 Å². The van der Waals surface area contributed by atoms with Gasteiger partial charge in [-0.1, -0.05) is 18.2 Å². The van der Waals surface area contributed by atoms with E-state index in [4.69, 9.17) is 18.9 Å². The number of ether oxygens (including phenoxy) is 4. The Hall–Kier alpha value is -3.41. The average molecular weight is 384 g/mol. The number of carbonyl (C=O) groups is 1. The van der Waals surface area contributed by atoms with Crippen LogP contribution in [0.1, 0.15) is 23.6 Å². The second-order valence-electron chi connectivity index (χ2n) is 5.69. The van der Waals surface area contributed by atoms with Crippen molar-refractivity contribution in [1.29, 1.82) is 0 Å². The molecule has 0 fully saturated rings. The van der Waals surface area contributed by atoms with Gasteiger partial charge in [0.25, 0.3) is 0 Å². The molecular weight excluding hydrogens is 360 g/mol. The number of hydrogen-bond acceptors (Lipinski definition) is 6. The summed E-state index contributed by atoms with van der Waals surface area (Å²) < 4.78 is 20.6. The van der Waals surface area contributed by atoms with Crippen molar-refractivity contribution in [3.63, 3.8) is 0 Å². The molecule has 0 heterocycles. The topological polar surface area (TPSA) is 74.2 Å². The van der Waals surface area contributed by atoms with E-state index in [-0.39, 0.29) is 5.75 Å². The molecule has 2 aromatic carbocycles. The second-order valence-corrected chi connectivity index (χ2v) is 5.69. The van der Waals surface area contributed by atoms with E-state index in [9.17, 15) is 9.90 Å². The third-order valence-corrected chi connectivity index (χ3v) is 3.91. The highest BCUT2D eigenvalue weighted by Gasteiger charge is 2.09. The lowest BCUT2D eigenvalue weighted by Gasteiger charge is -2.09. The molecular formula is C22H24O6. The number of rotatable bonds is 8. The van der Waals surface area contributed by atoms with Crippen LogP contribution in [0.5, 0.6) is 23.0 Å². The van der Waals surface area contributed by atoms with E-state index in [0.29, 0.717) is 35.0 Å². The highest BCUT2D eigenvalue weighted by atomic mass is 16.5. The Labute approximate surface area is 164 Å². The summed E-state index contributed by atoms with van der Waals surface area (Å²) in [5, 5.41) is 10.4. The molecule has 0 amide bonds. The van der Waals surface area contributed by atoms with E-state index in [1.807, 2.05) is 18.2 Å². The molecule has 0 saturated carbocycles. The van der Waals surface area contributed by atoms with Gasteiger partial charge in [-0.15, -0.1) is 0 Å². The van der Waals surface area contributed by atoms with Gasteiger partial charge >= 0.3 is 5.97 Å². The van der Waals surface area contributed by atoms with Gasteiger partial charge in [0, 0.05) is 11.6 Å². The van der Waals surface area contributed by atoms with Crippen LogP contribution in [0.15, 0.2) is 36.4 Å². The number of phenols is 1. The number of phenolic OH excluding ortho intramolecular Hbond substituents is 1. The van der Waals surface area contributed by atoms with Crippen molar-refractivity contribution in [2.45, 2.75) is 6.92 Å². The molecule has 0 bridgehead atoms. The Bertz CT molecular complexity index is 883. The largest absolute Gasteiger partial charge is 0.504 e. The Balaban J connectivity index is 2.35. The first-order chi connectivity index (χ1) is 13.5. The monoisotopic (exact) mass is 384 g/mol. The van der Waals surface area contributed by atoms with Crippen LogP contribution in [0.3, 0.4) is 0 Å². The van der Waals surface area contributed by atoms with Gasteiger partial charge in [-0.2, -0.15) is 0 Å². The molecule has 0 atom stereocenters. The maximum atomic E-state index is 11.5. The maximum Gasteiger partial charge on any atom is 0.330 e. The van der Waals surface area contributed by atoms with Gasteiger partial charge < -0.3 is 24.1 Å². The van der Waals surface area contributed by atoms with E-state index >= 15 is 0 Å². The standard InChI is InChI=1S/C22H24O6/c1-5-28-21(23)11-8-16-12-17(22(24)20(14-16)27-4)9-6-15-7-10-18(25-2)19(13-15)26-3/h6-14,24H,5H2,1-4H3/b9-6+,11-8+. The smallest absolute Gasteiger partial charge is 0.330 e. The summed E-state index contributed by atoms with van der Waals surface area (Å²) in [7, 11) is 4.62. The molecule has 0 aromatic heterocycles. The number of esters is 1. The zero-order valence-corrected chi connectivity index (χ0v) is 16.4. The minimum Gasteiger partial charge on any atom is -0.504 e. The second kappa shape index (κ2) is 10.1. The van der Waals surface area contributed by atoms with E-state index < -0.39 is 5.97 Å². The highest BCUT2D eigenvalue weighted by molar-refractivity contribution is 5.87. The molecule has 2 aromatic rings. The molecule has 0 spiro atoms. The Kier molecular flexibility index (Phi) is 7.51. The van der Waals surface area contributed by atoms with Crippen LogP contribution in [0.25, 0.3) is 18.2 Å². The van der Waals surface area contributed by atoms with Crippen molar-refractivity contribution in [2.75, 3.05) is 27.9 Å². The van der Waals surface area contributed by atoms with Crippen molar-refractivity contribution in [3.05, 3.63) is 53.1 Å². The first-order valence-electron chi connectivity index (χ1n) is 8.68. The van der Waals surface area contributed by atoms with Gasteiger partial charge in [-0.3, -0.25) is 0 Å². The predicted molar refractivity (Wildman–Crippen MR) is 109 cm³/mol. The molecule has 0 radical (unpaired) electrons. The van der Waals surface area contributed by atoms with E-state index in [0.717, 1.165) is 5.56 Å². The van der Waals surface area contributed by atoms with E-state index in [2.05, 4.69) is 0 Å². The van der Waals surface area contributed by atoms with Crippen LogP contribution in [-0.2, 0) is 9.53 Å². The molecule has 0 unspecified atom stereocenters. The third-order valence-electron chi connectivity index (χ3n) is 3.91. The molecule has 0 saturated heterocycles. The lowest BCUT2D eigenvalue weighted by Crippen LogP contribution is -1.98. The van der Waals surface area contributed by atoms with Gasteiger partial charge in [0.2, 0.25) is 0 Å². The predicted octanol–water partition coefficient (Wildman–Crippen LogP) is 4.16. The first kappa shape index (κ1) is 20.9. The summed E-state index contributed by atoms with van der Waals surface area (Å²) in [6.45, 7) is 2.05. The molecule has 6 heteroatoms. The van der Waals surface area contributed by atoms with Crippen LogP contribution < -0.4 is 14.2 Å². The van der Waals surface area contributed by atoms with Crippen molar-refractivity contribution in [1.82, 2.24) is 0 Å². The minimum absolute atomic E-state index is 0.00695. The summed E-state index contributed by atoms with van der Waals surface area (Å²) in [4.78, 5) is 11.5. The molecule has 0 aliphatic heterocycles. The quantitative estimate of drug-likeness (QED) is 0.418. The van der Waals surface area contributed by atoms with Gasteiger partial charge in [-0.05, 0) is 48.4 Å². The van der Waals surface area contributed by atoms with Gasteiger partial charge in [0.05, 0.1) is 27.9 Å². The Morgan fingerprint density at radius 1 is 0.893 bits per heavy atom. The number of carbonyl (C=O) groups excluding carboxylic acids is 1. The summed E-state index contributed by atoms with van der Waals surface area (Å²) in [6.07, 6.45) is 6.51. The number of methoxy groups -OCH3 is 3. The Morgan fingerprint density at radius 2 is 1.57 bits per heavy atom. The molecule has 1 N–H and O–H groups in total. The zero-order chi connectivity index (χ0) is 20.5. The first-order valence-corrected chi connectivity index (χ1v) is 8.68. The fourth-order valence-corrected chi connectivity index (χ4v) is 2.53. The van der Waals surface area contributed by atoms with Crippen LogP contribution in [0.2, 0.25) is 0 Å². The summed E-state index contributed by atoms with van der Waals surface area (Å²) in [5.41, 5.74) is 2.09. The van der Waals surface area contributed by atoms with Crippen molar-refractivity contribution < 1.29 is 28.8 Å². The molecule has 148 valence electrons. The fourth-order valence-electron chi connectivity index (χ4n) is 2.53. The lowest BCUT2D eigenvalue weighted by molar-refractivity contribution is -0.137. The number of aromatic hydroxyl groups is 1. The van der Waals surface area contributed by atoms with Gasteiger partial charge in [-0.25, -0.2) is 4.79 Å². The number of hydrogen-bond donors (Lipinski definition) is 1. The average Bonchev–Trinajstić information content (AvgIpc) is 2.71. The van der Waals surface area contributed by atoms with Gasteiger partial charge in [0.1, 0.15) is 0 Å². The normalized spacial score (nSPS) is 11.0. The summed E-state index contributed by atoms with van der Waals surface area (Å²) in [5.74, 6) is 1.12. The molecule has 2 rings (SSSR count). The SMILES string of the molecule is CCOC(=O)/C=C/c1cc(/C=C/c2ccc(OC)c(OC)c2)c(O)c(OC)c1. The third kappa shape index (κ3) is 5.30. The molecule has 28 heavy (non-hydrogen) atoms. The summed E-state index contributed by atoms with van der Waals surface area (Å²) >= 11 is 0. The van der Waals surface area contributed by atoms with E-state index in [1.54, 1.807) is 51.5 Å². The van der Waals surface area contributed by atoms with Crippen LogP contribution in [-0.4, -0.2) is 39.0 Å². The number of benzene rings is 2. The fraction of sp³-hybridized carbons (Fsp3) is 0.227. The minimum atomic E-state index is -0.433. The van der Waals surface area contributed by atoms with Gasteiger partial charge in [0.15, 0.2) is 23.0 Å². The molecule has 0 aliphatic rings. The van der Waals surface area contributed by atoms with E-state index in [1.165, 1.54) is 13.2 Å². The van der Waals surface area contributed by atoms with Crippen molar-refractivity contribution in [2.24, 2.45) is 0 Å². The Morgan fingerprint density at radius 3 is 2.21 bits per heavy atom. The zero-order valence-electron chi connectivity index (χ0n) is 16.4. The van der Waals surface area contributed by atoms with Crippen LogP contribution in [0.4, 0.5) is 0 Å². The summed E-state index contributed by atoms with van der Waals surface area (Å²) in [6, 6.07) is 8.88. The van der Waals surface area contributed by atoms with Crippen molar-refractivity contribution in [3.8, 4) is 23.0 Å². The molecule has 6 nitrogen and oxygen atoms in total. The highest BCUT2D eigenvalue weighted by Crippen LogP contribution is 2.34. The lowest BCUT2D eigenvalue weighted by atomic mass is 10.1. The molecule has 0 aliphatic carbocycles. The van der Waals surface area contributed by atoms with Crippen LogP contribution in [0, 0.1) is 0 Å². The maximum absolute atomic E-state index is 11.5. The van der Waals surface area contributed by atoms with Crippen LogP contribution >= 0.6 is 0 Å².